The van der Waals surface area contributed by atoms with E-state index in [4.69, 9.17) is 16.6 Å². The Labute approximate surface area is 165 Å². The van der Waals surface area contributed by atoms with Crippen molar-refractivity contribution in [1.29, 1.82) is 0 Å². The summed E-state index contributed by atoms with van der Waals surface area (Å²) in [5.74, 6) is -5.60. The van der Waals surface area contributed by atoms with Crippen molar-refractivity contribution in [2.45, 2.75) is 43.6 Å². The van der Waals surface area contributed by atoms with Gasteiger partial charge >= 0.3 is 5.97 Å². The highest BCUT2D eigenvalue weighted by atomic mass is 32.1. The minimum absolute atomic E-state index is 0.264. The molecular formula is C14H25N5O8S. The van der Waals surface area contributed by atoms with E-state index in [2.05, 4.69) is 23.3 Å². The summed E-state index contributed by atoms with van der Waals surface area (Å²) in [6.45, 7) is 0.412. The zero-order valence-electron chi connectivity index (χ0n) is 15.0. The summed E-state index contributed by atoms with van der Waals surface area (Å²) in [5, 5.41) is 33.8. The quantitative estimate of drug-likeness (QED) is 0.136. The number of nitrogens with two attached hydrogens (primary N) is 2. The number of thiol groups is 1. The van der Waals surface area contributed by atoms with Crippen molar-refractivity contribution in [2.24, 2.45) is 11.5 Å². The average Bonchev–Trinajstić information content (AvgIpc) is 2.61. The maximum absolute atomic E-state index is 12.2. The van der Waals surface area contributed by atoms with Crippen LogP contribution in [0.15, 0.2) is 0 Å². The van der Waals surface area contributed by atoms with Gasteiger partial charge in [0, 0.05) is 5.75 Å². The molecule has 5 unspecified atom stereocenters. The molecule has 160 valence electrons. The topological polar surface area (TPSA) is 234 Å². The van der Waals surface area contributed by atoms with E-state index in [1.807, 2.05) is 5.32 Å². The Kier molecular flexibility index (Phi) is 11.1. The van der Waals surface area contributed by atoms with Crippen LogP contribution in [0.2, 0.25) is 0 Å². The van der Waals surface area contributed by atoms with Gasteiger partial charge in [0.2, 0.25) is 23.6 Å². The van der Waals surface area contributed by atoms with Crippen molar-refractivity contribution >= 4 is 42.2 Å². The molecular weight excluding hydrogens is 398 g/mol. The first-order valence-electron chi connectivity index (χ1n) is 8.02. The summed E-state index contributed by atoms with van der Waals surface area (Å²) in [4.78, 5) is 58.0. The molecule has 5 atom stereocenters. The molecule has 0 saturated heterocycles. The monoisotopic (exact) mass is 423 g/mol. The van der Waals surface area contributed by atoms with E-state index in [9.17, 15) is 34.2 Å². The molecule has 0 saturated carbocycles. The zero-order valence-corrected chi connectivity index (χ0v) is 15.9. The van der Waals surface area contributed by atoms with Crippen LogP contribution in [0.5, 0.6) is 0 Å². The molecule has 0 aliphatic heterocycles. The van der Waals surface area contributed by atoms with E-state index in [0.29, 0.717) is 0 Å². The van der Waals surface area contributed by atoms with Gasteiger partial charge in [-0.2, -0.15) is 12.6 Å². The highest BCUT2D eigenvalue weighted by molar-refractivity contribution is 7.80. The molecule has 0 aliphatic carbocycles. The number of amides is 4. The fraction of sp³-hybridized carbons (Fsp3) is 0.643. The van der Waals surface area contributed by atoms with Crippen molar-refractivity contribution in [2.75, 3.05) is 12.4 Å². The molecule has 14 heteroatoms. The third kappa shape index (κ3) is 8.51. The van der Waals surface area contributed by atoms with Gasteiger partial charge < -0.3 is 42.7 Å². The van der Waals surface area contributed by atoms with Crippen molar-refractivity contribution < 1.29 is 39.3 Å². The summed E-state index contributed by atoms with van der Waals surface area (Å²) >= 11 is 3.88. The minimum Gasteiger partial charge on any atom is -0.480 e. The molecule has 0 aliphatic rings. The first kappa shape index (κ1) is 25.6. The van der Waals surface area contributed by atoms with Crippen molar-refractivity contribution in [3.05, 3.63) is 0 Å². The van der Waals surface area contributed by atoms with Crippen LogP contribution in [0.1, 0.15) is 13.3 Å². The summed E-state index contributed by atoms with van der Waals surface area (Å²) in [6.07, 6.45) is -1.88. The summed E-state index contributed by atoms with van der Waals surface area (Å²) in [6, 6.07) is -5.80. The lowest BCUT2D eigenvalue weighted by atomic mass is 10.1. The van der Waals surface area contributed by atoms with Crippen molar-refractivity contribution in [3.8, 4) is 0 Å². The Bertz CT molecular complexity index is 602. The van der Waals surface area contributed by atoms with Crippen molar-refractivity contribution in [1.82, 2.24) is 16.0 Å². The van der Waals surface area contributed by atoms with E-state index in [1.165, 1.54) is 6.92 Å². The van der Waals surface area contributed by atoms with Crippen LogP contribution in [0.3, 0.4) is 0 Å². The second-order valence-corrected chi connectivity index (χ2v) is 6.19. The SMILES string of the molecule is CC(O)C(N)C(=O)NC(CO)C(=O)NC(CS)C(=O)NC(CC(N)=O)C(=O)O. The van der Waals surface area contributed by atoms with E-state index < -0.39 is 72.9 Å². The molecule has 0 spiro atoms. The van der Waals surface area contributed by atoms with Crippen LogP contribution in [0, 0.1) is 0 Å². The number of carbonyl (C=O) groups is 5. The van der Waals surface area contributed by atoms with Crippen LogP contribution in [0.25, 0.3) is 0 Å². The fourth-order valence-electron chi connectivity index (χ4n) is 1.82. The van der Waals surface area contributed by atoms with Crippen LogP contribution in [0.4, 0.5) is 0 Å². The van der Waals surface area contributed by atoms with Gasteiger partial charge in [0.05, 0.1) is 19.1 Å². The van der Waals surface area contributed by atoms with E-state index >= 15 is 0 Å². The Morgan fingerprint density at radius 3 is 1.82 bits per heavy atom. The molecule has 10 N–H and O–H groups in total. The number of carboxylic acid groups (broad SMARTS) is 1. The van der Waals surface area contributed by atoms with Gasteiger partial charge in [-0.3, -0.25) is 19.2 Å². The molecule has 13 nitrogen and oxygen atoms in total. The number of primary amides is 1. The lowest BCUT2D eigenvalue weighted by molar-refractivity contribution is -0.143. The zero-order chi connectivity index (χ0) is 22.0. The van der Waals surface area contributed by atoms with E-state index in [0.717, 1.165) is 0 Å². The molecule has 0 radical (unpaired) electrons. The summed E-state index contributed by atoms with van der Waals surface area (Å²) in [7, 11) is 0. The summed E-state index contributed by atoms with van der Waals surface area (Å²) < 4.78 is 0. The fourth-order valence-corrected chi connectivity index (χ4v) is 2.08. The first-order chi connectivity index (χ1) is 12.9. The van der Waals surface area contributed by atoms with Crippen molar-refractivity contribution in [3.63, 3.8) is 0 Å². The molecule has 0 rings (SSSR count). The molecule has 0 aromatic heterocycles. The van der Waals surface area contributed by atoms with Crippen LogP contribution in [-0.4, -0.2) is 87.5 Å². The Morgan fingerprint density at radius 1 is 0.964 bits per heavy atom. The van der Waals surface area contributed by atoms with Gasteiger partial charge in [-0.05, 0) is 6.92 Å². The number of rotatable bonds is 12. The number of carboxylic acids is 1. The van der Waals surface area contributed by atoms with Crippen LogP contribution >= 0.6 is 12.6 Å². The van der Waals surface area contributed by atoms with E-state index in [1.54, 1.807) is 0 Å². The standard InChI is InChI=1S/C14H25N5O8S/c1-5(21)10(16)13(25)18-7(3-20)11(23)19-8(4-28)12(24)17-6(14(26)27)2-9(15)22/h5-8,10,20-21,28H,2-4,16H2,1H3,(H2,15,22)(H,17,24)(H,18,25)(H,19,23)(H,26,27). The maximum Gasteiger partial charge on any atom is 0.326 e. The molecule has 0 aromatic carbocycles. The third-order valence-corrected chi connectivity index (χ3v) is 3.84. The lowest BCUT2D eigenvalue weighted by Gasteiger charge is -2.23. The Hall–Kier alpha value is -2.42. The smallest absolute Gasteiger partial charge is 0.326 e. The van der Waals surface area contributed by atoms with Gasteiger partial charge in [-0.15, -0.1) is 0 Å². The largest absolute Gasteiger partial charge is 0.480 e. The highest BCUT2D eigenvalue weighted by Gasteiger charge is 2.30. The second kappa shape index (κ2) is 12.1. The number of aliphatic carboxylic acids is 1. The summed E-state index contributed by atoms with van der Waals surface area (Å²) in [5.41, 5.74) is 10.3. The number of carbonyl (C=O) groups excluding carboxylic acids is 4. The average molecular weight is 423 g/mol. The first-order valence-corrected chi connectivity index (χ1v) is 8.65. The predicted molar refractivity (Wildman–Crippen MR) is 97.8 cm³/mol. The molecule has 0 fully saturated rings. The molecule has 0 heterocycles. The van der Waals surface area contributed by atoms with Gasteiger partial charge in [-0.1, -0.05) is 0 Å². The molecule has 0 aromatic rings. The number of hydrogen-bond acceptors (Lipinski definition) is 9. The number of aliphatic hydroxyl groups is 2. The lowest BCUT2D eigenvalue weighted by Crippen LogP contribution is -2.59. The van der Waals surface area contributed by atoms with E-state index in [-0.39, 0.29) is 5.75 Å². The van der Waals surface area contributed by atoms with Gasteiger partial charge in [0.25, 0.3) is 0 Å². The van der Waals surface area contributed by atoms with Crippen LogP contribution in [-0.2, 0) is 24.0 Å². The second-order valence-electron chi connectivity index (χ2n) is 5.82. The molecule has 4 amide bonds. The van der Waals surface area contributed by atoms with Gasteiger partial charge in [0.15, 0.2) is 0 Å². The number of nitrogens with one attached hydrogen (secondary N) is 3. The minimum atomic E-state index is -1.61. The Morgan fingerprint density at radius 2 is 1.43 bits per heavy atom. The van der Waals surface area contributed by atoms with Gasteiger partial charge in [0.1, 0.15) is 24.2 Å². The highest BCUT2D eigenvalue weighted by Crippen LogP contribution is 1.98. The maximum atomic E-state index is 12.2. The normalized spacial score (nSPS) is 16.0. The Balaban J connectivity index is 5.02. The molecule has 0 bridgehead atoms. The molecule has 28 heavy (non-hydrogen) atoms. The van der Waals surface area contributed by atoms with Crippen LogP contribution < -0.4 is 27.4 Å². The number of hydrogen-bond donors (Lipinski definition) is 9. The third-order valence-electron chi connectivity index (χ3n) is 3.47. The van der Waals surface area contributed by atoms with Gasteiger partial charge in [-0.25, -0.2) is 4.79 Å². The number of aliphatic hydroxyl groups excluding tert-OH is 2. The predicted octanol–water partition coefficient (Wildman–Crippen LogP) is -4.97.